The molecule has 5 rings (SSSR count). The summed E-state index contributed by atoms with van der Waals surface area (Å²) in [5, 5.41) is 13.5. The van der Waals surface area contributed by atoms with Crippen molar-refractivity contribution in [2.75, 3.05) is 27.6 Å². The summed E-state index contributed by atoms with van der Waals surface area (Å²) in [6.07, 6.45) is 1.68. The van der Waals surface area contributed by atoms with E-state index in [1.165, 1.54) is 17.9 Å². The summed E-state index contributed by atoms with van der Waals surface area (Å²) in [6.45, 7) is 7.28. The van der Waals surface area contributed by atoms with Crippen molar-refractivity contribution in [3.05, 3.63) is 91.9 Å². The molecule has 2 aromatic carbocycles. The van der Waals surface area contributed by atoms with E-state index in [2.05, 4.69) is 10.5 Å². The van der Waals surface area contributed by atoms with Crippen LogP contribution in [0.2, 0.25) is 0 Å². The third kappa shape index (κ3) is 11.0. The molecule has 2 bridgehead atoms. The number of rotatable bonds is 15. The van der Waals surface area contributed by atoms with Gasteiger partial charge in [-0.15, -0.1) is 0 Å². The molecule has 20 heteroatoms. The van der Waals surface area contributed by atoms with Crippen molar-refractivity contribution < 1.29 is 66.4 Å². The van der Waals surface area contributed by atoms with Crippen LogP contribution in [-0.4, -0.2) is 94.0 Å². The van der Waals surface area contributed by atoms with E-state index in [0.717, 1.165) is 19.2 Å². The number of carbonyl (C=O) groups excluding carboxylic acids is 4. The van der Waals surface area contributed by atoms with Crippen LogP contribution in [0.5, 0.6) is 11.5 Å². The first-order valence-corrected chi connectivity index (χ1v) is 19.8. The number of pyridine rings is 1. The number of aldehydes is 1. The summed E-state index contributed by atoms with van der Waals surface area (Å²) in [5.74, 6) is -4.45. The first-order valence-electron chi connectivity index (χ1n) is 18.7. The van der Waals surface area contributed by atoms with Crippen LogP contribution in [0.15, 0.2) is 46.5 Å². The summed E-state index contributed by atoms with van der Waals surface area (Å²) in [6, 6.07) is 5.06. The zero-order valence-electron chi connectivity index (χ0n) is 34.2. The number of nitrogens with zero attached hydrogens (tertiary/aromatic N) is 3. The number of fused-ring (bicyclic) bond motifs is 4. The van der Waals surface area contributed by atoms with Crippen LogP contribution in [0.4, 0.5) is 8.78 Å². The second-order valence-electron chi connectivity index (χ2n) is 14.6. The lowest BCUT2D eigenvalue weighted by molar-refractivity contribution is -0.151. The molecule has 3 aromatic rings. The average Bonchev–Trinajstić information content (AvgIpc) is 3.32. The minimum Gasteiger partial charge on any atom is -0.482 e. The van der Waals surface area contributed by atoms with Crippen molar-refractivity contribution in [1.82, 2.24) is 14.8 Å². The summed E-state index contributed by atoms with van der Waals surface area (Å²) in [7, 11) is -0.431. The van der Waals surface area contributed by atoms with Crippen molar-refractivity contribution in [3.8, 4) is 11.5 Å². The molecule has 2 aliphatic heterocycles. The predicted octanol–water partition coefficient (Wildman–Crippen LogP) is 4.10. The average molecular weight is 863 g/mol. The summed E-state index contributed by atoms with van der Waals surface area (Å²) >= 11 is 0. The number of nitrogens with one attached hydrogen (secondary N) is 1. The third-order valence-corrected chi connectivity index (χ3v) is 10.4. The first kappa shape index (κ1) is 47.2. The number of halogens is 2. The van der Waals surface area contributed by atoms with Gasteiger partial charge in [0.25, 0.3) is 11.8 Å². The molecule has 2 amide bonds. The number of amides is 2. The second-order valence-corrected chi connectivity index (χ2v) is 15.3. The highest BCUT2D eigenvalue weighted by molar-refractivity contribution is 7.39. The van der Waals surface area contributed by atoms with Crippen molar-refractivity contribution in [2.24, 2.45) is 5.16 Å². The molecule has 1 saturated heterocycles. The fourth-order valence-corrected chi connectivity index (χ4v) is 7.53. The number of oxime groups is 1. The van der Waals surface area contributed by atoms with Gasteiger partial charge in [-0.25, -0.2) is 8.78 Å². The maximum Gasteiger partial charge on any atom is 0.391 e. The molecule has 4 N–H and O–H groups in total. The summed E-state index contributed by atoms with van der Waals surface area (Å²) in [4.78, 5) is 93.6. The molecule has 0 radical (unpaired) electrons. The number of esters is 1. The number of aromatic nitrogens is 1. The molecular formula is C40H49F2N4O13P. The van der Waals surface area contributed by atoms with Crippen LogP contribution < -0.4 is 20.0 Å². The van der Waals surface area contributed by atoms with Gasteiger partial charge in [0, 0.05) is 68.4 Å². The fourth-order valence-electron chi connectivity index (χ4n) is 7.21. The normalized spacial score (nSPS) is 17.4. The zero-order valence-corrected chi connectivity index (χ0v) is 35.1. The maximum atomic E-state index is 14.4. The Morgan fingerprint density at radius 2 is 1.82 bits per heavy atom. The Kier molecular flexibility index (Phi) is 16.2. The number of aryl methyl sites for hydroxylation is 1. The predicted molar refractivity (Wildman–Crippen MR) is 212 cm³/mol. The standard InChI is InChI=1S/C39H45F2N4O12P.CH4O/c1-21-13-24(11-12-46)33(31(14-21)57-58(51)52)39(4,5)16-32(47)54-20-55-36-34-38(50)44-19-29(30(10-7-22(44)2)56-43-23(3)53-6)45(34)18-27(35(36)48)37(49)42-17-25-8-9-26(40)15-28(25)41;1-2/h8-9,12-15,18,22,29-30,51-52H,7,10-11,16-17,19-20H2,1-6H3,(H,42,49);2H,1H3/b43-23+;. The van der Waals surface area contributed by atoms with Gasteiger partial charge in [0.05, 0.1) is 19.6 Å². The van der Waals surface area contributed by atoms with Gasteiger partial charge in [0.15, 0.2) is 5.69 Å². The van der Waals surface area contributed by atoms with E-state index in [1.807, 2.05) is 6.92 Å². The van der Waals surface area contributed by atoms with Crippen LogP contribution in [0.3, 0.4) is 0 Å². The minimum absolute atomic E-state index is 0.0568. The monoisotopic (exact) mass is 862 g/mol. The lowest BCUT2D eigenvalue weighted by Crippen LogP contribution is -2.49. The third-order valence-electron chi connectivity index (χ3n) is 10.0. The number of ether oxygens (including phenoxy) is 3. The van der Waals surface area contributed by atoms with E-state index < -0.39 is 85.7 Å². The Bertz CT molecular complexity index is 2160. The largest absolute Gasteiger partial charge is 0.482 e. The van der Waals surface area contributed by atoms with E-state index >= 15 is 0 Å². The number of carbonyl (C=O) groups is 4. The van der Waals surface area contributed by atoms with Gasteiger partial charge in [-0.05, 0) is 49.9 Å². The van der Waals surface area contributed by atoms with Crippen LogP contribution in [-0.2, 0) is 42.3 Å². The van der Waals surface area contributed by atoms with E-state index in [0.29, 0.717) is 41.9 Å². The lowest BCUT2D eigenvalue weighted by Gasteiger charge is -2.38. The fraction of sp³-hybridized carbons (Fsp3) is 0.450. The molecule has 326 valence electrons. The quantitative estimate of drug-likeness (QED) is 0.0322. The molecule has 0 aliphatic carbocycles. The molecule has 1 fully saturated rings. The van der Waals surface area contributed by atoms with Crippen LogP contribution >= 0.6 is 8.60 Å². The molecule has 17 nitrogen and oxygen atoms in total. The Morgan fingerprint density at radius 1 is 1.10 bits per heavy atom. The van der Waals surface area contributed by atoms with Gasteiger partial charge < -0.3 is 58.0 Å². The van der Waals surface area contributed by atoms with Gasteiger partial charge in [-0.1, -0.05) is 31.1 Å². The van der Waals surface area contributed by atoms with Gasteiger partial charge in [-0.2, -0.15) is 0 Å². The van der Waals surface area contributed by atoms with Gasteiger partial charge in [-0.3, -0.25) is 19.2 Å². The second kappa shape index (κ2) is 20.7. The minimum atomic E-state index is -2.85. The Hall–Kier alpha value is -5.49. The van der Waals surface area contributed by atoms with E-state index in [9.17, 15) is 42.5 Å². The molecule has 2 aliphatic rings. The summed E-state index contributed by atoms with van der Waals surface area (Å²) in [5.41, 5.74) is -1.41. The highest BCUT2D eigenvalue weighted by Gasteiger charge is 2.44. The number of hydrogen-bond donors (Lipinski definition) is 4. The molecule has 60 heavy (non-hydrogen) atoms. The maximum absolute atomic E-state index is 14.4. The molecule has 1 aromatic heterocycles. The van der Waals surface area contributed by atoms with Gasteiger partial charge in [0.2, 0.25) is 23.9 Å². The number of hydrogen-bond acceptors (Lipinski definition) is 14. The molecule has 3 heterocycles. The van der Waals surface area contributed by atoms with E-state index in [1.54, 1.807) is 44.7 Å². The Morgan fingerprint density at radius 3 is 2.47 bits per heavy atom. The zero-order chi connectivity index (χ0) is 44.5. The molecule has 3 unspecified atom stereocenters. The molecule has 0 saturated carbocycles. The molecule has 3 atom stereocenters. The van der Waals surface area contributed by atoms with Crippen molar-refractivity contribution in [1.29, 1.82) is 0 Å². The number of aliphatic hydroxyl groups is 1. The van der Waals surface area contributed by atoms with E-state index in [4.69, 9.17) is 28.7 Å². The van der Waals surface area contributed by atoms with Crippen molar-refractivity contribution in [2.45, 2.75) is 90.4 Å². The number of methoxy groups -OCH3 is 1. The number of aliphatic hydroxyl groups excluding tert-OH is 1. The van der Waals surface area contributed by atoms with Gasteiger partial charge >= 0.3 is 14.6 Å². The van der Waals surface area contributed by atoms with Gasteiger partial charge in [0.1, 0.15) is 35.3 Å². The topological polar surface area (TPSA) is 225 Å². The number of benzene rings is 2. The molecular weight excluding hydrogens is 813 g/mol. The van der Waals surface area contributed by atoms with Crippen LogP contribution in [0, 0.1) is 18.6 Å². The molecule has 0 spiro atoms. The van der Waals surface area contributed by atoms with E-state index in [-0.39, 0.29) is 48.3 Å². The highest BCUT2D eigenvalue weighted by Crippen LogP contribution is 2.43. The van der Waals surface area contributed by atoms with Crippen molar-refractivity contribution >= 4 is 38.6 Å². The highest BCUT2D eigenvalue weighted by atomic mass is 31.2. The lowest BCUT2D eigenvalue weighted by atomic mass is 9.77. The Labute approximate surface area is 345 Å². The summed E-state index contributed by atoms with van der Waals surface area (Å²) < 4.78 is 51.0. The van der Waals surface area contributed by atoms with Crippen LogP contribution in [0.25, 0.3) is 0 Å². The first-order chi connectivity index (χ1) is 28.4. The Balaban J connectivity index is 0.00000391. The SMILES string of the molecule is CO.CO/C(C)=N/OC1CCC(C)N2CC1n1cc(C(=O)NCc3ccc(F)cc3F)c(=O)c(OCOC(=O)CC(C)(C)c3c(CC=O)cc(C)cc3OP(O)O)c1C2=O. The van der Waals surface area contributed by atoms with Crippen molar-refractivity contribution in [3.63, 3.8) is 0 Å². The van der Waals surface area contributed by atoms with Crippen LogP contribution in [0.1, 0.15) is 96.1 Å². The smallest absolute Gasteiger partial charge is 0.391 e.